The summed E-state index contributed by atoms with van der Waals surface area (Å²) < 4.78 is 11.9. The van der Waals surface area contributed by atoms with Crippen molar-refractivity contribution < 1.29 is 28.6 Å². The van der Waals surface area contributed by atoms with Crippen molar-refractivity contribution >= 4 is 50.2 Å². The minimum atomic E-state index is -0.913. The van der Waals surface area contributed by atoms with Gasteiger partial charge >= 0.3 is 5.97 Å². The highest BCUT2D eigenvalue weighted by atomic mass is 79.9. The van der Waals surface area contributed by atoms with Gasteiger partial charge in [0.05, 0.1) is 23.8 Å². The van der Waals surface area contributed by atoms with Crippen molar-refractivity contribution in [3.8, 4) is 0 Å². The number of benzene rings is 3. The molecule has 39 heavy (non-hydrogen) atoms. The molecule has 0 radical (unpaired) electrons. The third kappa shape index (κ3) is 5.12. The molecule has 1 amide bonds. The van der Waals surface area contributed by atoms with Crippen LogP contribution in [0, 0.1) is 12.8 Å². The predicted molar refractivity (Wildman–Crippen MR) is 151 cm³/mol. The smallest absolute Gasteiger partial charge is 0.338 e. The molecule has 1 unspecified atom stereocenters. The number of carbonyl (C=O) groups is 3. The summed E-state index contributed by atoms with van der Waals surface area (Å²) >= 11 is 3.42. The van der Waals surface area contributed by atoms with E-state index in [0.29, 0.717) is 34.4 Å². The molecule has 1 aromatic heterocycles. The van der Waals surface area contributed by atoms with E-state index in [0.717, 1.165) is 10.0 Å². The van der Waals surface area contributed by atoms with Gasteiger partial charge in [-0.05, 0) is 66.9 Å². The number of aliphatic hydroxyl groups is 1. The number of anilines is 1. The molecular formula is C31H26BrNO6. The third-order valence-electron chi connectivity index (χ3n) is 6.44. The van der Waals surface area contributed by atoms with Crippen LogP contribution in [0.25, 0.3) is 11.0 Å². The lowest BCUT2D eigenvalue weighted by Crippen LogP contribution is -2.31. The summed E-state index contributed by atoms with van der Waals surface area (Å²) in [5.74, 6) is -2.21. The van der Waals surface area contributed by atoms with Crippen LogP contribution in [0.5, 0.6) is 0 Å². The third-order valence-corrected chi connectivity index (χ3v) is 6.93. The van der Waals surface area contributed by atoms with Crippen molar-refractivity contribution in [3.63, 3.8) is 0 Å². The Morgan fingerprint density at radius 3 is 2.49 bits per heavy atom. The largest absolute Gasteiger partial charge is 0.503 e. The van der Waals surface area contributed by atoms with E-state index < -0.39 is 29.5 Å². The molecule has 5 rings (SSSR count). The van der Waals surface area contributed by atoms with Crippen LogP contribution >= 0.6 is 15.9 Å². The summed E-state index contributed by atoms with van der Waals surface area (Å²) in [6, 6.07) is 19.8. The van der Waals surface area contributed by atoms with Gasteiger partial charge in [0.2, 0.25) is 5.78 Å². The van der Waals surface area contributed by atoms with Crippen LogP contribution in [0.3, 0.4) is 0 Å². The number of aryl methyl sites for hydroxylation is 1. The molecule has 0 saturated carbocycles. The fourth-order valence-corrected chi connectivity index (χ4v) is 4.98. The topological polar surface area (TPSA) is 97.0 Å². The van der Waals surface area contributed by atoms with Gasteiger partial charge < -0.3 is 14.3 Å². The first-order valence-corrected chi connectivity index (χ1v) is 13.3. The second-order valence-corrected chi connectivity index (χ2v) is 10.8. The van der Waals surface area contributed by atoms with Gasteiger partial charge in [0.25, 0.3) is 5.91 Å². The Morgan fingerprint density at radius 1 is 1.05 bits per heavy atom. The molecule has 1 atom stereocenters. The van der Waals surface area contributed by atoms with Gasteiger partial charge in [0.15, 0.2) is 11.5 Å². The van der Waals surface area contributed by atoms with Gasteiger partial charge in [-0.2, -0.15) is 0 Å². The van der Waals surface area contributed by atoms with Crippen LogP contribution in [-0.2, 0) is 9.53 Å². The first kappa shape index (κ1) is 26.4. The Labute approximate surface area is 233 Å². The maximum atomic E-state index is 13.8. The average Bonchev–Trinajstić information content (AvgIpc) is 3.45. The highest BCUT2D eigenvalue weighted by molar-refractivity contribution is 9.10. The zero-order valence-corrected chi connectivity index (χ0v) is 23.2. The molecule has 0 saturated heterocycles. The van der Waals surface area contributed by atoms with Gasteiger partial charge in [-0.3, -0.25) is 14.5 Å². The lowest BCUT2D eigenvalue weighted by atomic mass is 9.93. The maximum Gasteiger partial charge on any atom is 0.338 e. The van der Waals surface area contributed by atoms with Gasteiger partial charge in [0, 0.05) is 15.5 Å². The number of esters is 1. The van der Waals surface area contributed by atoms with E-state index in [9.17, 15) is 19.5 Å². The van der Waals surface area contributed by atoms with Gasteiger partial charge in [-0.15, -0.1) is 0 Å². The number of ketones is 1. The SMILES string of the molecule is Cc1cccc(C2C(C(=O)c3cc4cc(Br)ccc4o3)=C(O)C(=O)N2c2ccc(C(=O)OCC(C)C)cc2)c1. The van der Waals surface area contributed by atoms with Crippen molar-refractivity contribution in [1.82, 2.24) is 0 Å². The number of fused-ring (bicyclic) bond motifs is 1. The minimum Gasteiger partial charge on any atom is -0.503 e. The molecule has 2 heterocycles. The molecule has 0 spiro atoms. The Kier molecular flexibility index (Phi) is 7.14. The van der Waals surface area contributed by atoms with E-state index in [2.05, 4.69) is 15.9 Å². The number of amides is 1. The number of halogens is 1. The summed E-state index contributed by atoms with van der Waals surface area (Å²) in [7, 11) is 0. The lowest BCUT2D eigenvalue weighted by molar-refractivity contribution is -0.117. The molecule has 198 valence electrons. The molecule has 1 aliphatic rings. The number of hydrogen-bond acceptors (Lipinski definition) is 6. The van der Waals surface area contributed by atoms with E-state index in [1.807, 2.05) is 45.0 Å². The number of aliphatic hydroxyl groups excluding tert-OH is 1. The molecule has 0 fully saturated rings. The van der Waals surface area contributed by atoms with Crippen LogP contribution < -0.4 is 4.90 Å². The molecule has 7 nitrogen and oxygen atoms in total. The first-order chi connectivity index (χ1) is 18.6. The predicted octanol–water partition coefficient (Wildman–Crippen LogP) is 7.10. The standard InChI is InChI=1S/C31H26BrNO6/c1-17(2)16-38-31(37)19-7-10-23(11-8-19)33-27(20-6-4-5-18(3)13-20)26(29(35)30(33)36)28(34)25-15-21-14-22(32)9-12-24(21)39-25/h4-15,17,27,35H,16H2,1-3H3. The second-order valence-electron chi connectivity index (χ2n) is 9.92. The van der Waals surface area contributed by atoms with E-state index in [4.69, 9.17) is 9.15 Å². The number of carbonyl (C=O) groups excluding carboxylic acids is 3. The monoisotopic (exact) mass is 587 g/mol. The molecule has 0 aliphatic carbocycles. The molecular weight excluding hydrogens is 562 g/mol. The van der Waals surface area contributed by atoms with E-state index >= 15 is 0 Å². The number of Topliss-reactive ketones (excluding diaryl/α,β-unsaturated/α-hetero) is 1. The minimum absolute atomic E-state index is 0.0141. The Hall–Kier alpha value is -4.17. The molecule has 1 aliphatic heterocycles. The number of hydrogen-bond donors (Lipinski definition) is 1. The lowest BCUT2D eigenvalue weighted by Gasteiger charge is -2.27. The number of rotatable bonds is 7. The second kappa shape index (κ2) is 10.5. The zero-order valence-electron chi connectivity index (χ0n) is 21.6. The zero-order chi connectivity index (χ0) is 27.8. The van der Waals surface area contributed by atoms with E-state index in [1.54, 1.807) is 48.5 Å². The summed E-state index contributed by atoms with van der Waals surface area (Å²) in [4.78, 5) is 41.0. The molecule has 0 bridgehead atoms. The fraction of sp³-hybridized carbons (Fsp3) is 0.194. The highest BCUT2D eigenvalue weighted by Crippen LogP contribution is 2.42. The number of nitrogens with zero attached hydrogens (tertiary/aromatic N) is 1. The Bertz CT molecular complexity index is 1630. The van der Waals surface area contributed by atoms with Crippen LogP contribution in [0.1, 0.15) is 51.9 Å². The quantitative estimate of drug-likeness (QED) is 0.183. The molecule has 3 aromatic carbocycles. The van der Waals surface area contributed by atoms with Crippen molar-refractivity contribution in [3.05, 3.63) is 111 Å². The molecule has 4 aromatic rings. The fourth-order valence-electron chi connectivity index (χ4n) is 4.60. The van der Waals surface area contributed by atoms with E-state index in [1.165, 1.54) is 4.90 Å². The Morgan fingerprint density at radius 2 is 1.79 bits per heavy atom. The summed E-state index contributed by atoms with van der Waals surface area (Å²) in [6.45, 7) is 6.10. The van der Waals surface area contributed by atoms with Crippen molar-refractivity contribution in [2.45, 2.75) is 26.8 Å². The normalized spacial score (nSPS) is 15.5. The van der Waals surface area contributed by atoms with Crippen LogP contribution in [-0.4, -0.2) is 29.4 Å². The van der Waals surface area contributed by atoms with Gasteiger partial charge in [-0.1, -0.05) is 59.6 Å². The van der Waals surface area contributed by atoms with Crippen LogP contribution in [0.15, 0.2) is 93.0 Å². The molecule has 1 N–H and O–H groups in total. The first-order valence-electron chi connectivity index (χ1n) is 12.5. The summed E-state index contributed by atoms with van der Waals surface area (Å²) in [5.41, 5.74) is 2.75. The van der Waals surface area contributed by atoms with Crippen LogP contribution in [0.2, 0.25) is 0 Å². The van der Waals surface area contributed by atoms with Crippen molar-refractivity contribution in [2.75, 3.05) is 11.5 Å². The number of ether oxygens (including phenoxy) is 1. The van der Waals surface area contributed by atoms with E-state index in [-0.39, 0.29) is 17.3 Å². The van der Waals surface area contributed by atoms with Crippen molar-refractivity contribution in [2.24, 2.45) is 5.92 Å². The van der Waals surface area contributed by atoms with Crippen molar-refractivity contribution in [1.29, 1.82) is 0 Å². The van der Waals surface area contributed by atoms with Crippen LogP contribution in [0.4, 0.5) is 5.69 Å². The molecule has 8 heteroatoms. The number of furan rings is 1. The van der Waals surface area contributed by atoms with Gasteiger partial charge in [-0.25, -0.2) is 4.79 Å². The van der Waals surface area contributed by atoms with Gasteiger partial charge in [0.1, 0.15) is 5.58 Å². The highest BCUT2D eigenvalue weighted by Gasteiger charge is 2.45. The Balaban J connectivity index is 1.55. The summed E-state index contributed by atoms with van der Waals surface area (Å²) in [6.07, 6.45) is 0. The maximum absolute atomic E-state index is 13.8. The summed E-state index contributed by atoms with van der Waals surface area (Å²) in [5, 5.41) is 11.8. The average molecular weight is 588 g/mol.